The summed E-state index contributed by atoms with van der Waals surface area (Å²) in [7, 11) is 0. The molecule has 2 aliphatic rings. The van der Waals surface area contributed by atoms with Gasteiger partial charge in [0.05, 0.1) is 11.3 Å². The summed E-state index contributed by atoms with van der Waals surface area (Å²) < 4.78 is 17.6. The molecule has 7 nitrogen and oxygen atoms in total. The Bertz CT molecular complexity index is 1090. The summed E-state index contributed by atoms with van der Waals surface area (Å²) in [6, 6.07) is 14.2. The quantitative estimate of drug-likeness (QED) is 0.329. The molecular weight excluding hydrogens is 525 g/mol. The number of hydrogen-bond acceptors (Lipinski definition) is 7. The molecular formula is C29H41Cl2N3O4. The number of benzene rings is 2. The largest absolute Gasteiger partial charge is 0.492 e. The Labute approximate surface area is 239 Å². The van der Waals surface area contributed by atoms with E-state index >= 15 is 0 Å². The third-order valence-corrected chi connectivity index (χ3v) is 7.14. The van der Waals surface area contributed by atoms with Crippen LogP contribution in [0.25, 0.3) is 0 Å². The van der Waals surface area contributed by atoms with Crippen LogP contribution < -0.4 is 14.8 Å². The first-order valence-electron chi connectivity index (χ1n) is 13.2. The lowest BCUT2D eigenvalue weighted by molar-refractivity contribution is -0.136. The molecule has 2 aromatic carbocycles. The first-order valence-corrected chi connectivity index (χ1v) is 13.2. The van der Waals surface area contributed by atoms with Crippen LogP contribution in [-0.4, -0.2) is 74.9 Å². The molecule has 0 saturated heterocycles. The molecule has 0 spiro atoms. The SMILES string of the molecule is CCN(CC)CCOc1cccc(C2C3=C(COC3=O)Nc3cc(OCCN(CC)CC)ccc32)c1.Cl.Cl. The van der Waals surface area contributed by atoms with E-state index in [1.165, 1.54) is 0 Å². The summed E-state index contributed by atoms with van der Waals surface area (Å²) >= 11 is 0. The molecule has 2 aromatic rings. The van der Waals surface area contributed by atoms with Crippen molar-refractivity contribution in [1.82, 2.24) is 9.80 Å². The van der Waals surface area contributed by atoms with Gasteiger partial charge < -0.3 is 29.3 Å². The second kappa shape index (κ2) is 15.2. The normalized spacial score (nSPS) is 15.7. The van der Waals surface area contributed by atoms with Crippen LogP contribution >= 0.6 is 24.8 Å². The molecule has 0 aliphatic carbocycles. The molecule has 2 aliphatic heterocycles. The number of hydrogen-bond donors (Lipinski definition) is 1. The molecule has 0 fully saturated rings. The fourth-order valence-electron chi connectivity index (χ4n) is 4.91. The fraction of sp³-hybridized carbons (Fsp3) is 0.483. The lowest BCUT2D eigenvalue weighted by Crippen LogP contribution is -2.28. The van der Waals surface area contributed by atoms with E-state index in [-0.39, 0.29) is 43.3 Å². The number of fused-ring (bicyclic) bond motifs is 1. The predicted molar refractivity (Wildman–Crippen MR) is 157 cm³/mol. The topological polar surface area (TPSA) is 63.3 Å². The first-order chi connectivity index (χ1) is 17.6. The minimum atomic E-state index is -0.263. The van der Waals surface area contributed by atoms with Gasteiger partial charge in [-0.25, -0.2) is 4.79 Å². The highest BCUT2D eigenvalue weighted by Gasteiger charge is 2.38. The van der Waals surface area contributed by atoms with Crippen molar-refractivity contribution in [3.8, 4) is 11.5 Å². The third kappa shape index (κ3) is 7.35. The Morgan fingerprint density at radius 3 is 2.08 bits per heavy atom. The second-order valence-corrected chi connectivity index (χ2v) is 9.10. The Morgan fingerprint density at radius 2 is 1.47 bits per heavy atom. The van der Waals surface area contributed by atoms with Gasteiger partial charge in [0.2, 0.25) is 0 Å². The van der Waals surface area contributed by atoms with Crippen LogP contribution in [0.1, 0.15) is 44.7 Å². The van der Waals surface area contributed by atoms with E-state index in [9.17, 15) is 4.79 Å². The monoisotopic (exact) mass is 565 g/mol. The maximum absolute atomic E-state index is 12.7. The van der Waals surface area contributed by atoms with Crippen molar-refractivity contribution in [2.24, 2.45) is 0 Å². The zero-order chi connectivity index (χ0) is 25.5. The lowest BCUT2D eigenvalue weighted by Gasteiger charge is -2.28. The Morgan fingerprint density at radius 1 is 0.868 bits per heavy atom. The molecule has 0 saturated carbocycles. The van der Waals surface area contributed by atoms with Crippen LogP contribution in [0, 0.1) is 0 Å². The van der Waals surface area contributed by atoms with E-state index in [1.807, 2.05) is 30.3 Å². The van der Waals surface area contributed by atoms with Gasteiger partial charge in [0.1, 0.15) is 31.3 Å². The second-order valence-electron chi connectivity index (χ2n) is 9.10. The van der Waals surface area contributed by atoms with Gasteiger partial charge in [0.15, 0.2) is 0 Å². The Kier molecular flexibility index (Phi) is 12.7. The molecule has 0 radical (unpaired) electrons. The summed E-state index contributed by atoms with van der Waals surface area (Å²) in [4.78, 5) is 17.4. The van der Waals surface area contributed by atoms with Crippen molar-refractivity contribution in [2.75, 3.05) is 64.4 Å². The van der Waals surface area contributed by atoms with Crippen LogP contribution in [0.3, 0.4) is 0 Å². The van der Waals surface area contributed by atoms with E-state index in [2.05, 4.69) is 54.9 Å². The lowest BCUT2D eigenvalue weighted by atomic mass is 9.81. The van der Waals surface area contributed by atoms with E-state index in [0.717, 1.165) is 73.3 Å². The summed E-state index contributed by atoms with van der Waals surface area (Å²) in [5, 5.41) is 3.43. The van der Waals surface area contributed by atoms with E-state index in [1.54, 1.807) is 0 Å². The molecule has 2 heterocycles. The number of rotatable bonds is 13. The zero-order valence-corrected chi connectivity index (χ0v) is 24.5. The van der Waals surface area contributed by atoms with E-state index < -0.39 is 0 Å². The van der Waals surface area contributed by atoms with Gasteiger partial charge in [-0.1, -0.05) is 45.9 Å². The number of esters is 1. The number of ether oxygens (including phenoxy) is 3. The molecule has 0 aromatic heterocycles. The molecule has 0 amide bonds. The van der Waals surface area contributed by atoms with Crippen LogP contribution in [0.4, 0.5) is 5.69 Å². The zero-order valence-electron chi connectivity index (χ0n) is 22.8. The van der Waals surface area contributed by atoms with Crippen molar-refractivity contribution in [2.45, 2.75) is 33.6 Å². The van der Waals surface area contributed by atoms with Gasteiger partial charge >= 0.3 is 5.97 Å². The van der Waals surface area contributed by atoms with Crippen LogP contribution in [0.5, 0.6) is 11.5 Å². The number of cyclic esters (lactones) is 1. The molecule has 1 atom stereocenters. The fourth-order valence-corrected chi connectivity index (χ4v) is 4.91. The maximum Gasteiger partial charge on any atom is 0.337 e. The van der Waals surface area contributed by atoms with Crippen molar-refractivity contribution in [3.63, 3.8) is 0 Å². The maximum atomic E-state index is 12.7. The van der Waals surface area contributed by atoms with E-state index in [0.29, 0.717) is 18.8 Å². The Hall–Kier alpha value is -2.45. The summed E-state index contributed by atoms with van der Waals surface area (Å²) in [6.45, 7) is 16.0. The van der Waals surface area contributed by atoms with Gasteiger partial charge in [-0.05, 0) is 55.5 Å². The summed E-state index contributed by atoms with van der Waals surface area (Å²) in [5.41, 5.74) is 4.50. The minimum absolute atomic E-state index is 0. The van der Waals surface area contributed by atoms with Crippen molar-refractivity contribution in [1.29, 1.82) is 0 Å². The third-order valence-electron chi connectivity index (χ3n) is 7.14. The molecule has 9 heteroatoms. The van der Waals surface area contributed by atoms with Gasteiger partial charge in [0, 0.05) is 30.8 Å². The number of carbonyl (C=O) groups is 1. The van der Waals surface area contributed by atoms with Gasteiger partial charge in [0.25, 0.3) is 0 Å². The molecule has 4 rings (SSSR count). The van der Waals surface area contributed by atoms with Gasteiger partial charge in [-0.2, -0.15) is 0 Å². The van der Waals surface area contributed by atoms with Crippen LogP contribution in [0.15, 0.2) is 53.7 Å². The van der Waals surface area contributed by atoms with E-state index in [4.69, 9.17) is 14.2 Å². The smallest absolute Gasteiger partial charge is 0.337 e. The highest BCUT2D eigenvalue weighted by atomic mass is 35.5. The highest BCUT2D eigenvalue weighted by molar-refractivity contribution is 5.97. The average molecular weight is 567 g/mol. The molecule has 210 valence electrons. The highest BCUT2D eigenvalue weighted by Crippen LogP contribution is 2.45. The van der Waals surface area contributed by atoms with Crippen molar-refractivity contribution >= 4 is 36.5 Å². The molecule has 1 N–H and O–H groups in total. The number of anilines is 1. The number of halogens is 2. The molecule has 0 bridgehead atoms. The van der Waals surface area contributed by atoms with Gasteiger partial charge in [-0.15, -0.1) is 24.8 Å². The minimum Gasteiger partial charge on any atom is -0.492 e. The number of nitrogens with zero attached hydrogens (tertiary/aromatic N) is 2. The van der Waals surface area contributed by atoms with Gasteiger partial charge in [-0.3, -0.25) is 0 Å². The van der Waals surface area contributed by atoms with Crippen molar-refractivity contribution in [3.05, 3.63) is 64.9 Å². The average Bonchev–Trinajstić information content (AvgIpc) is 3.27. The summed E-state index contributed by atoms with van der Waals surface area (Å²) in [5.74, 6) is 1.14. The molecule has 1 unspecified atom stereocenters. The standard InChI is InChI=1S/C29H39N3O4.2ClH/c1-5-31(6-2)14-16-34-22-11-9-10-21(18-22)27-24-13-12-23(35-17-15-32(7-3)8-4)19-25(24)30-26-20-36-29(33)28(26)27;;/h9-13,18-19,27,30H,5-8,14-17,20H2,1-4H3;2*1H. The van der Waals surface area contributed by atoms with Crippen molar-refractivity contribution < 1.29 is 19.0 Å². The molecule has 38 heavy (non-hydrogen) atoms. The number of nitrogens with one attached hydrogen (secondary N) is 1. The Balaban J connectivity index is 0.00000253. The number of carbonyl (C=O) groups excluding carboxylic acids is 1. The summed E-state index contributed by atoms with van der Waals surface area (Å²) in [6.07, 6.45) is 0. The number of likely N-dealkylation sites (N-methyl/N-ethyl adjacent to an activating group) is 2. The first kappa shape index (κ1) is 31.8. The van der Waals surface area contributed by atoms with Crippen LogP contribution in [-0.2, 0) is 9.53 Å². The predicted octanol–water partition coefficient (Wildman–Crippen LogP) is 5.34. The van der Waals surface area contributed by atoms with Crippen LogP contribution in [0.2, 0.25) is 0 Å².